The summed E-state index contributed by atoms with van der Waals surface area (Å²) in [6.07, 6.45) is 0.851. The van der Waals surface area contributed by atoms with Gasteiger partial charge in [-0.05, 0) is 47.8 Å². The van der Waals surface area contributed by atoms with Gasteiger partial charge in [-0.2, -0.15) is 0 Å². The highest BCUT2D eigenvalue weighted by Crippen LogP contribution is 2.39. The minimum atomic E-state index is -2.22. The molecule has 0 unspecified atom stereocenters. The van der Waals surface area contributed by atoms with Crippen molar-refractivity contribution in [1.29, 1.82) is 0 Å². The molecule has 0 aliphatic heterocycles. The Kier molecular flexibility index (Phi) is 4.71. The first-order valence-corrected chi connectivity index (χ1v) is 10.8. The van der Waals surface area contributed by atoms with Crippen molar-refractivity contribution in [2.75, 3.05) is 5.73 Å². The van der Waals surface area contributed by atoms with Crippen LogP contribution in [0.1, 0.15) is 19.4 Å². The Balaban J connectivity index is 2.35. The zero-order valence-corrected chi connectivity index (χ0v) is 15.4. The molecule has 0 saturated heterocycles. The lowest BCUT2D eigenvalue weighted by Crippen LogP contribution is -2.40. The maximum absolute atomic E-state index is 10.5. The van der Waals surface area contributed by atoms with Crippen molar-refractivity contribution in [3.63, 3.8) is 0 Å². The standard InChI is InChI=1S/C18H24ClNOSi/c1-18(2,22(3,4)21)12-13-6-5-7-14(10-13)16-9-8-15(19)11-17(16)20/h5-11,21H,12,20H2,1-4H3. The van der Waals surface area contributed by atoms with Crippen LogP contribution in [0.2, 0.25) is 23.2 Å². The molecule has 0 radical (unpaired) electrons. The summed E-state index contributed by atoms with van der Waals surface area (Å²) in [5, 5.41) is 0.559. The van der Waals surface area contributed by atoms with Gasteiger partial charge in [0, 0.05) is 16.3 Å². The molecule has 22 heavy (non-hydrogen) atoms. The maximum atomic E-state index is 10.5. The van der Waals surface area contributed by atoms with Gasteiger partial charge in [0.2, 0.25) is 0 Å². The first-order valence-electron chi connectivity index (χ1n) is 7.47. The largest absolute Gasteiger partial charge is 0.432 e. The predicted molar refractivity (Wildman–Crippen MR) is 98.7 cm³/mol. The van der Waals surface area contributed by atoms with E-state index in [4.69, 9.17) is 17.3 Å². The van der Waals surface area contributed by atoms with E-state index in [9.17, 15) is 4.80 Å². The van der Waals surface area contributed by atoms with Crippen LogP contribution in [0.5, 0.6) is 0 Å². The monoisotopic (exact) mass is 333 g/mol. The number of nitrogen functional groups attached to an aromatic ring is 1. The topological polar surface area (TPSA) is 46.2 Å². The van der Waals surface area contributed by atoms with E-state index in [1.807, 2.05) is 31.3 Å². The Labute approximate surface area is 139 Å². The van der Waals surface area contributed by atoms with Gasteiger partial charge >= 0.3 is 0 Å². The average Bonchev–Trinajstić information content (AvgIpc) is 2.37. The molecular formula is C18H24ClNOSi. The summed E-state index contributed by atoms with van der Waals surface area (Å²) in [6.45, 7) is 8.27. The van der Waals surface area contributed by atoms with Crippen LogP contribution >= 0.6 is 11.6 Å². The zero-order valence-electron chi connectivity index (χ0n) is 13.7. The van der Waals surface area contributed by atoms with Gasteiger partial charge in [-0.3, -0.25) is 0 Å². The molecule has 0 spiro atoms. The van der Waals surface area contributed by atoms with Crippen LogP contribution in [0.25, 0.3) is 11.1 Å². The molecule has 2 nitrogen and oxygen atoms in total. The second-order valence-corrected chi connectivity index (χ2v) is 12.0. The highest BCUT2D eigenvalue weighted by Gasteiger charge is 2.37. The smallest absolute Gasteiger partial charge is 0.188 e. The van der Waals surface area contributed by atoms with E-state index in [1.54, 1.807) is 6.07 Å². The molecule has 2 rings (SSSR count). The number of hydrogen-bond acceptors (Lipinski definition) is 2. The van der Waals surface area contributed by atoms with Gasteiger partial charge in [0.05, 0.1) is 0 Å². The highest BCUT2D eigenvalue weighted by atomic mass is 35.5. The first kappa shape index (κ1) is 17.1. The van der Waals surface area contributed by atoms with Crippen molar-refractivity contribution in [1.82, 2.24) is 0 Å². The van der Waals surface area contributed by atoms with E-state index >= 15 is 0 Å². The van der Waals surface area contributed by atoms with Crippen LogP contribution in [-0.4, -0.2) is 13.1 Å². The zero-order chi connectivity index (χ0) is 16.5. The van der Waals surface area contributed by atoms with E-state index in [1.165, 1.54) is 5.56 Å². The van der Waals surface area contributed by atoms with Crippen LogP contribution in [0.4, 0.5) is 5.69 Å². The molecule has 4 heteroatoms. The van der Waals surface area contributed by atoms with Crippen LogP contribution in [0, 0.1) is 0 Å². The van der Waals surface area contributed by atoms with Crippen LogP contribution in [0.15, 0.2) is 42.5 Å². The SMILES string of the molecule is CC(C)(Cc1cccc(-c2ccc(Cl)cc2N)c1)[Si](C)(C)O. The third-order valence-corrected chi connectivity index (χ3v) is 8.28. The fourth-order valence-corrected chi connectivity index (χ4v) is 3.19. The number of anilines is 1. The summed E-state index contributed by atoms with van der Waals surface area (Å²) in [6, 6.07) is 13.9. The van der Waals surface area contributed by atoms with E-state index in [0.717, 1.165) is 17.5 Å². The lowest BCUT2D eigenvalue weighted by molar-refractivity contribution is 0.467. The van der Waals surface area contributed by atoms with E-state index in [-0.39, 0.29) is 5.04 Å². The second-order valence-electron chi connectivity index (χ2n) is 7.05. The molecule has 0 amide bonds. The third kappa shape index (κ3) is 3.72. The molecule has 0 atom stereocenters. The summed E-state index contributed by atoms with van der Waals surface area (Å²) in [5.74, 6) is 0. The van der Waals surface area contributed by atoms with E-state index in [2.05, 4.69) is 32.0 Å². The lowest BCUT2D eigenvalue weighted by atomic mass is 9.96. The first-order chi connectivity index (χ1) is 10.1. The summed E-state index contributed by atoms with van der Waals surface area (Å²) in [7, 11) is -2.22. The Morgan fingerprint density at radius 2 is 1.82 bits per heavy atom. The Hall–Kier alpha value is -1.29. The maximum Gasteiger partial charge on any atom is 0.188 e. The Bertz CT molecular complexity index is 677. The molecule has 0 heterocycles. The van der Waals surface area contributed by atoms with Crippen molar-refractivity contribution in [2.24, 2.45) is 0 Å². The number of nitrogens with two attached hydrogens (primary N) is 1. The summed E-state index contributed by atoms with van der Waals surface area (Å²) >= 11 is 5.97. The Morgan fingerprint density at radius 1 is 1.14 bits per heavy atom. The molecular weight excluding hydrogens is 310 g/mol. The molecule has 0 aliphatic carbocycles. The predicted octanol–water partition coefficient (Wildman–Crippen LogP) is 5.11. The van der Waals surface area contributed by atoms with Gasteiger partial charge in [0.1, 0.15) is 0 Å². The van der Waals surface area contributed by atoms with E-state index < -0.39 is 8.32 Å². The van der Waals surface area contributed by atoms with Crippen molar-refractivity contribution in [3.05, 3.63) is 53.1 Å². The molecule has 3 N–H and O–H groups in total. The highest BCUT2D eigenvalue weighted by molar-refractivity contribution is 6.72. The van der Waals surface area contributed by atoms with Crippen molar-refractivity contribution in [3.8, 4) is 11.1 Å². The van der Waals surface area contributed by atoms with Crippen molar-refractivity contribution < 1.29 is 4.80 Å². The van der Waals surface area contributed by atoms with Gasteiger partial charge in [-0.1, -0.05) is 55.8 Å². The van der Waals surface area contributed by atoms with Gasteiger partial charge in [0.25, 0.3) is 0 Å². The van der Waals surface area contributed by atoms with Gasteiger partial charge in [0.15, 0.2) is 8.32 Å². The average molecular weight is 334 g/mol. The van der Waals surface area contributed by atoms with Crippen LogP contribution in [-0.2, 0) is 6.42 Å². The minimum Gasteiger partial charge on any atom is -0.432 e. The van der Waals surface area contributed by atoms with Gasteiger partial charge in [-0.25, -0.2) is 0 Å². The minimum absolute atomic E-state index is 0.0861. The summed E-state index contributed by atoms with van der Waals surface area (Å²) in [4.78, 5) is 10.5. The summed E-state index contributed by atoms with van der Waals surface area (Å²) < 4.78 is 0. The second kappa shape index (κ2) is 6.07. The number of rotatable bonds is 4. The normalized spacial score (nSPS) is 12.5. The third-order valence-electron chi connectivity index (χ3n) is 4.55. The van der Waals surface area contributed by atoms with E-state index in [0.29, 0.717) is 10.7 Å². The van der Waals surface area contributed by atoms with Crippen LogP contribution < -0.4 is 5.73 Å². The van der Waals surface area contributed by atoms with Crippen molar-refractivity contribution >= 4 is 25.6 Å². The number of benzene rings is 2. The Morgan fingerprint density at radius 3 is 2.41 bits per heavy atom. The fraction of sp³-hybridized carbons (Fsp3) is 0.333. The van der Waals surface area contributed by atoms with Crippen molar-refractivity contribution in [2.45, 2.75) is 38.4 Å². The molecule has 2 aromatic carbocycles. The lowest BCUT2D eigenvalue weighted by Gasteiger charge is -2.35. The van der Waals surface area contributed by atoms with Crippen LogP contribution in [0.3, 0.4) is 0 Å². The fourth-order valence-electron chi connectivity index (χ4n) is 2.37. The molecule has 0 aromatic heterocycles. The van der Waals surface area contributed by atoms with Gasteiger partial charge < -0.3 is 10.5 Å². The summed E-state index contributed by atoms with van der Waals surface area (Å²) in [5.41, 5.74) is 10.1. The number of halogens is 1. The quantitative estimate of drug-likeness (QED) is 0.603. The number of hydrogen-bond donors (Lipinski definition) is 2. The van der Waals surface area contributed by atoms with Gasteiger partial charge in [-0.15, -0.1) is 0 Å². The molecule has 2 aromatic rings. The molecule has 118 valence electrons. The molecule has 0 bridgehead atoms. The molecule has 0 fully saturated rings. The molecule has 0 aliphatic rings. The molecule has 0 saturated carbocycles.